The zero-order valence-corrected chi connectivity index (χ0v) is 10.1. The van der Waals surface area contributed by atoms with Gasteiger partial charge in [0.25, 0.3) is 0 Å². The lowest BCUT2D eigenvalue weighted by molar-refractivity contribution is 0.349. The first kappa shape index (κ1) is 11.5. The normalized spacial score (nSPS) is 22.7. The lowest BCUT2D eigenvalue weighted by Crippen LogP contribution is -2.30. The average molecular weight is 196 g/mol. The molecule has 1 aliphatic carbocycles. The molecule has 0 aromatic heterocycles. The molecule has 1 fully saturated rings. The number of hydrogen-bond donors (Lipinski definition) is 1. The second-order valence-electron chi connectivity index (χ2n) is 5.97. The predicted octanol–water partition coefficient (Wildman–Crippen LogP) is 2.97. The monoisotopic (exact) mass is 196 g/mol. The summed E-state index contributed by atoms with van der Waals surface area (Å²) in [6.07, 6.45) is 5.35. The van der Waals surface area contributed by atoms with Gasteiger partial charge in [0.2, 0.25) is 0 Å². The molecular formula is C12H24N2. The minimum atomic E-state index is 0.0228. The molecule has 2 heteroatoms. The first-order valence-corrected chi connectivity index (χ1v) is 5.64. The summed E-state index contributed by atoms with van der Waals surface area (Å²) in [5.41, 5.74) is 6.39. The van der Waals surface area contributed by atoms with E-state index in [1.807, 2.05) is 0 Å². The van der Waals surface area contributed by atoms with Gasteiger partial charge in [-0.2, -0.15) is 0 Å². The zero-order chi connectivity index (χ0) is 10.8. The first-order valence-electron chi connectivity index (χ1n) is 5.64. The first-order chi connectivity index (χ1) is 6.33. The van der Waals surface area contributed by atoms with Gasteiger partial charge in [-0.05, 0) is 18.3 Å². The largest absolute Gasteiger partial charge is 0.387 e. The van der Waals surface area contributed by atoms with Crippen molar-refractivity contribution in [3.8, 4) is 0 Å². The Balaban J connectivity index is 2.53. The van der Waals surface area contributed by atoms with Crippen LogP contribution in [0, 0.1) is 10.8 Å². The molecule has 0 amide bonds. The lowest BCUT2D eigenvalue weighted by Gasteiger charge is -2.23. The molecule has 0 atom stereocenters. The van der Waals surface area contributed by atoms with Crippen LogP contribution in [0.25, 0.3) is 0 Å². The van der Waals surface area contributed by atoms with Gasteiger partial charge >= 0.3 is 0 Å². The van der Waals surface area contributed by atoms with Crippen molar-refractivity contribution in [3.63, 3.8) is 0 Å². The molecule has 0 unspecified atom stereocenters. The van der Waals surface area contributed by atoms with Crippen molar-refractivity contribution >= 4 is 5.84 Å². The van der Waals surface area contributed by atoms with Crippen LogP contribution >= 0.6 is 0 Å². The molecule has 1 saturated carbocycles. The van der Waals surface area contributed by atoms with Gasteiger partial charge in [0, 0.05) is 12.0 Å². The van der Waals surface area contributed by atoms with Gasteiger partial charge in [-0.3, -0.25) is 4.99 Å². The number of nitrogens with two attached hydrogens (primary N) is 1. The highest BCUT2D eigenvalue weighted by atomic mass is 14.9. The fourth-order valence-electron chi connectivity index (χ4n) is 1.90. The summed E-state index contributed by atoms with van der Waals surface area (Å²) < 4.78 is 0. The van der Waals surface area contributed by atoms with Gasteiger partial charge in [0.15, 0.2) is 0 Å². The molecule has 1 aliphatic rings. The Morgan fingerprint density at radius 2 is 1.79 bits per heavy atom. The number of rotatable bonds is 2. The van der Waals surface area contributed by atoms with Crippen LogP contribution in [0.15, 0.2) is 4.99 Å². The highest BCUT2D eigenvalue weighted by Gasteiger charge is 2.28. The Kier molecular flexibility index (Phi) is 3.23. The van der Waals surface area contributed by atoms with Gasteiger partial charge in [-0.15, -0.1) is 0 Å². The molecule has 0 aromatic carbocycles. The molecule has 0 aromatic rings. The van der Waals surface area contributed by atoms with E-state index in [4.69, 9.17) is 5.73 Å². The van der Waals surface area contributed by atoms with Crippen LogP contribution < -0.4 is 5.73 Å². The van der Waals surface area contributed by atoms with Crippen LogP contribution in [0.4, 0.5) is 0 Å². The van der Waals surface area contributed by atoms with Crippen LogP contribution in [-0.2, 0) is 0 Å². The number of aliphatic imine (C=N–C) groups is 1. The summed E-state index contributed by atoms with van der Waals surface area (Å²) in [4.78, 5) is 4.54. The Labute approximate surface area is 88.0 Å². The second-order valence-corrected chi connectivity index (χ2v) is 5.97. The Bertz CT molecular complexity index is 217. The van der Waals surface area contributed by atoms with Crippen LogP contribution in [0.3, 0.4) is 0 Å². The Hall–Kier alpha value is -0.530. The van der Waals surface area contributed by atoms with E-state index in [0.717, 1.165) is 12.4 Å². The van der Waals surface area contributed by atoms with Gasteiger partial charge in [0.1, 0.15) is 0 Å². The maximum Gasteiger partial charge on any atom is 0.0991 e. The van der Waals surface area contributed by atoms with Crippen LogP contribution in [-0.4, -0.2) is 12.4 Å². The second kappa shape index (κ2) is 3.92. The maximum atomic E-state index is 5.94. The fraction of sp³-hybridized carbons (Fsp3) is 0.917. The van der Waals surface area contributed by atoms with Crippen LogP contribution in [0.2, 0.25) is 0 Å². The third kappa shape index (κ3) is 3.00. The molecule has 82 valence electrons. The minimum Gasteiger partial charge on any atom is -0.387 e. The Morgan fingerprint density at radius 3 is 2.21 bits per heavy atom. The third-order valence-electron chi connectivity index (χ3n) is 3.21. The molecule has 0 spiro atoms. The van der Waals surface area contributed by atoms with Crippen molar-refractivity contribution in [1.82, 2.24) is 0 Å². The van der Waals surface area contributed by atoms with Crippen LogP contribution in [0.5, 0.6) is 0 Å². The zero-order valence-electron chi connectivity index (χ0n) is 10.1. The number of nitrogens with zero attached hydrogens (tertiary/aromatic N) is 1. The van der Waals surface area contributed by atoms with Gasteiger partial charge in [0.05, 0.1) is 5.84 Å². The standard InChI is InChI=1S/C12H24N2/c1-11(2,3)10(13)14-9-12(4)7-5-6-8-12/h5-9H2,1-4H3,(H2,13,14). The van der Waals surface area contributed by atoms with E-state index >= 15 is 0 Å². The van der Waals surface area contributed by atoms with Crippen molar-refractivity contribution in [3.05, 3.63) is 0 Å². The smallest absolute Gasteiger partial charge is 0.0991 e. The molecule has 0 bridgehead atoms. The summed E-state index contributed by atoms with van der Waals surface area (Å²) >= 11 is 0. The van der Waals surface area contributed by atoms with Crippen molar-refractivity contribution in [1.29, 1.82) is 0 Å². The van der Waals surface area contributed by atoms with Crippen molar-refractivity contribution in [2.75, 3.05) is 6.54 Å². The van der Waals surface area contributed by atoms with E-state index in [9.17, 15) is 0 Å². The number of amidine groups is 1. The molecule has 0 heterocycles. The molecule has 14 heavy (non-hydrogen) atoms. The van der Waals surface area contributed by atoms with Gasteiger partial charge < -0.3 is 5.73 Å². The number of hydrogen-bond acceptors (Lipinski definition) is 1. The molecule has 0 radical (unpaired) electrons. The van der Waals surface area contributed by atoms with Gasteiger partial charge in [-0.1, -0.05) is 40.5 Å². The average Bonchev–Trinajstić information content (AvgIpc) is 2.47. The summed E-state index contributed by atoms with van der Waals surface area (Å²) in [5.74, 6) is 0.797. The SMILES string of the molecule is CC1(CN=C(N)C(C)(C)C)CCCC1. The fourth-order valence-corrected chi connectivity index (χ4v) is 1.90. The maximum absolute atomic E-state index is 5.94. The van der Waals surface area contributed by atoms with E-state index in [0.29, 0.717) is 5.41 Å². The summed E-state index contributed by atoms with van der Waals surface area (Å²) in [7, 11) is 0. The van der Waals surface area contributed by atoms with E-state index < -0.39 is 0 Å². The van der Waals surface area contributed by atoms with E-state index in [-0.39, 0.29) is 5.41 Å². The summed E-state index contributed by atoms with van der Waals surface area (Å²) in [5, 5.41) is 0. The highest BCUT2D eigenvalue weighted by molar-refractivity contribution is 5.85. The molecule has 2 N–H and O–H groups in total. The third-order valence-corrected chi connectivity index (χ3v) is 3.21. The molecular weight excluding hydrogens is 172 g/mol. The molecule has 0 saturated heterocycles. The lowest BCUT2D eigenvalue weighted by atomic mass is 9.88. The topological polar surface area (TPSA) is 38.4 Å². The van der Waals surface area contributed by atoms with E-state index in [2.05, 4.69) is 32.7 Å². The van der Waals surface area contributed by atoms with Crippen molar-refractivity contribution in [2.24, 2.45) is 21.6 Å². The van der Waals surface area contributed by atoms with E-state index in [1.165, 1.54) is 25.7 Å². The predicted molar refractivity (Wildman–Crippen MR) is 62.5 cm³/mol. The molecule has 1 rings (SSSR count). The van der Waals surface area contributed by atoms with Crippen LogP contribution in [0.1, 0.15) is 53.4 Å². The summed E-state index contributed by atoms with van der Waals surface area (Å²) in [6.45, 7) is 9.59. The minimum absolute atomic E-state index is 0.0228. The molecule has 2 nitrogen and oxygen atoms in total. The van der Waals surface area contributed by atoms with Crippen molar-refractivity contribution in [2.45, 2.75) is 53.4 Å². The van der Waals surface area contributed by atoms with Gasteiger partial charge in [-0.25, -0.2) is 0 Å². The quantitative estimate of drug-likeness (QED) is 0.535. The van der Waals surface area contributed by atoms with E-state index in [1.54, 1.807) is 0 Å². The Morgan fingerprint density at radius 1 is 1.29 bits per heavy atom. The molecule has 0 aliphatic heterocycles. The highest BCUT2D eigenvalue weighted by Crippen LogP contribution is 2.37. The summed E-state index contributed by atoms with van der Waals surface area (Å²) in [6, 6.07) is 0. The van der Waals surface area contributed by atoms with Crippen molar-refractivity contribution < 1.29 is 0 Å².